The first kappa shape index (κ1) is 16.3. The highest BCUT2D eigenvalue weighted by Crippen LogP contribution is 2.27. The third-order valence-corrected chi connectivity index (χ3v) is 4.15. The Hall–Kier alpha value is -2.08. The zero-order valence-corrected chi connectivity index (χ0v) is 13.8. The zero-order chi connectivity index (χ0) is 15.9. The van der Waals surface area contributed by atoms with Gasteiger partial charge in [0.05, 0.1) is 25.6 Å². The lowest BCUT2D eigenvalue weighted by Crippen LogP contribution is -2.27. The molecule has 0 unspecified atom stereocenters. The largest absolute Gasteiger partial charge is 0.493 e. The number of thiazole rings is 1. The Balaban J connectivity index is 1.84. The Morgan fingerprint density at radius 2 is 2.05 bits per heavy atom. The van der Waals surface area contributed by atoms with Gasteiger partial charge in [0.15, 0.2) is 11.5 Å². The number of methoxy groups -OCH3 is 2. The summed E-state index contributed by atoms with van der Waals surface area (Å²) in [7, 11) is 3.17. The van der Waals surface area contributed by atoms with Crippen molar-refractivity contribution in [2.24, 2.45) is 0 Å². The molecule has 2 rings (SSSR count). The number of ether oxygens (including phenoxy) is 2. The van der Waals surface area contributed by atoms with Crippen molar-refractivity contribution in [1.29, 1.82) is 0 Å². The van der Waals surface area contributed by atoms with E-state index in [0.717, 1.165) is 17.0 Å². The van der Waals surface area contributed by atoms with Crippen LogP contribution in [-0.4, -0.2) is 31.7 Å². The molecule has 0 spiro atoms. The fourth-order valence-electron chi connectivity index (χ4n) is 2.08. The van der Waals surface area contributed by atoms with E-state index < -0.39 is 0 Å². The van der Waals surface area contributed by atoms with Crippen LogP contribution in [0.4, 0.5) is 0 Å². The highest BCUT2D eigenvalue weighted by Gasteiger charge is 2.08. The van der Waals surface area contributed by atoms with E-state index in [9.17, 15) is 4.79 Å². The molecule has 0 aliphatic carbocycles. The first-order chi connectivity index (χ1) is 10.6. The highest BCUT2D eigenvalue weighted by molar-refractivity contribution is 7.11. The number of hydrogen-bond acceptors (Lipinski definition) is 5. The summed E-state index contributed by atoms with van der Waals surface area (Å²) in [4.78, 5) is 17.3. The van der Waals surface area contributed by atoms with Gasteiger partial charge in [-0.2, -0.15) is 0 Å². The van der Waals surface area contributed by atoms with Crippen molar-refractivity contribution in [2.45, 2.75) is 19.8 Å². The van der Waals surface area contributed by atoms with Gasteiger partial charge in [-0.3, -0.25) is 4.79 Å². The van der Waals surface area contributed by atoms with E-state index in [0.29, 0.717) is 24.5 Å². The highest BCUT2D eigenvalue weighted by atomic mass is 32.1. The van der Waals surface area contributed by atoms with Crippen molar-refractivity contribution < 1.29 is 14.3 Å². The second-order valence-electron chi connectivity index (χ2n) is 4.81. The van der Waals surface area contributed by atoms with Crippen LogP contribution in [0.25, 0.3) is 0 Å². The molecule has 0 aliphatic rings. The van der Waals surface area contributed by atoms with Gasteiger partial charge in [0.1, 0.15) is 0 Å². The molecule has 0 saturated heterocycles. The molecule has 1 heterocycles. The number of carbonyl (C=O) groups excluding carboxylic acids is 1. The lowest BCUT2D eigenvalue weighted by atomic mass is 10.1. The van der Waals surface area contributed by atoms with Crippen LogP contribution in [0.5, 0.6) is 11.5 Å². The van der Waals surface area contributed by atoms with Gasteiger partial charge >= 0.3 is 0 Å². The first-order valence-electron chi connectivity index (χ1n) is 7.01. The summed E-state index contributed by atoms with van der Waals surface area (Å²) in [6, 6.07) is 5.50. The van der Waals surface area contributed by atoms with E-state index in [1.54, 1.807) is 25.6 Å². The van der Waals surface area contributed by atoms with Gasteiger partial charge in [0.25, 0.3) is 0 Å². The minimum absolute atomic E-state index is 0.00606. The standard InChI is InChI=1S/C16H20N2O3S/c1-11-18-10-13(22-11)6-7-17-16(19)9-12-4-5-14(20-2)15(8-12)21-3/h4-5,8,10H,6-7,9H2,1-3H3,(H,17,19). The third-order valence-electron chi connectivity index (χ3n) is 3.18. The molecule has 6 heteroatoms. The average Bonchev–Trinajstić information content (AvgIpc) is 2.92. The molecule has 0 aliphatic heterocycles. The number of rotatable bonds is 7. The minimum atomic E-state index is -0.00606. The van der Waals surface area contributed by atoms with Crippen LogP contribution in [-0.2, 0) is 17.6 Å². The van der Waals surface area contributed by atoms with Crippen LogP contribution in [0.2, 0.25) is 0 Å². The molecule has 0 fully saturated rings. The predicted molar refractivity (Wildman–Crippen MR) is 86.8 cm³/mol. The van der Waals surface area contributed by atoms with Crippen molar-refractivity contribution in [1.82, 2.24) is 10.3 Å². The molecule has 2 aromatic rings. The molecule has 5 nitrogen and oxygen atoms in total. The van der Waals surface area contributed by atoms with Crippen LogP contribution < -0.4 is 14.8 Å². The number of carbonyl (C=O) groups is 1. The summed E-state index contributed by atoms with van der Waals surface area (Å²) in [6.45, 7) is 2.59. The molecule has 1 aromatic heterocycles. The van der Waals surface area contributed by atoms with E-state index in [-0.39, 0.29) is 5.91 Å². The van der Waals surface area contributed by atoms with Crippen molar-refractivity contribution in [3.63, 3.8) is 0 Å². The lowest BCUT2D eigenvalue weighted by Gasteiger charge is -2.09. The smallest absolute Gasteiger partial charge is 0.224 e. The molecule has 0 saturated carbocycles. The first-order valence-corrected chi connectivity index (χ1v) is 7.83. The molecule has 0 bridgehead atoms. The Morgan fingerprint density at radius 3 is 2.68 bits per heavy atom. The van der Waals surface area contributed by atoms with Crippen LogP contribution in [0.15, 0.2) is 24.4 Å². The van der Waals surface area contributed by atoms with Gasteiger partial charge < -0.3 is 14.8 Å². The summed E-state index contributed by atoms with van der Waals surface area (Å²) in [5, 5.41) is 3.97. The van der Waals surface area contributed by atoms with Gasteiger partial charge in [-0.1, -0.05) is 6.07 Å². The van der Waals surface area contributed by atoms with Crippen molar-refractivity contribution in [3.8, 4) is 11.5 Å². The number of benzene rings is 1. The fraction of sp³-hybridized carbons (Fsp3) is 0.375. The minimum Gasteiger partial charge on any atom is -0.493 e. The molecular weight excluding hydrogens is 300 g/mol. The maximum atomic E-state index is 12.0. The number of hydrogen-bond donors (Lipinski definition) is 1. The van der Waals surface area contributed by atoms with Crippen molar-refractivity contribution in [3.05, 3.63) is 39.8 Å². The Bertz CT molecular complexity index is 640. The lowest BCUT2D eigenvalue weighted by molar-refractivity contribution is -0.120. The number of aromatic nitrogens is 1. The van der Waals surface area contributed by atoms with Gasteiger partial charge in [-0.15, -0.1) is 11.3 Å². The normalized spacial score (nSPS) is 10.3. The van der Waals surface area contributed by atoms with Crippen molar-refractivity contribution in [2.75, 3.05) is 20.8 Å². The Kier molecular flexibility index (Phi) is 5.77. The second kappa shape index (κ2) is 7.79. The molecule has 0 radical (unpaired) electrons. The van der Waals surface area contributed by atoms with E-state index >= 15 is 0 Å². The van der Waals surface area contributed by atoms with Crippen LogP contribution >= 0.6 is 11.3 Å². The van der Waals surface area contributed by atoms with Gasteiger partial charge in [-0.25, -0.2) is 4.98 Å². The molecule has 1 aromatic carbocycles. The monoisotopic (exact) mass is 320 g/mol. The Labute approximate surface area is 134 Å². The summed E-state index contributed by atoms with van der Waals surface area (Å²) < 4.78 is 10.4. The zero-order valence-electron chi connectivity index (χ0n) is 13.0. The van der Waals surface area contributed by atoms with Gasteiger partial charge in [-0.05, 0) is 24.6 Å². The van der Waals surface area contributed by atoms with E-state index in [2.05, 4.69) is 10.3 Å². The molecule has 118 valence electrons. The van der Waals surface area contributed by atoms with Crippen LogP contribution in [0, 0.1) is 6.92 Å². The number of nitrogens with zero attached hydrogens (tertiary/aromatic N) is 1. The Morgan fingerprint density at radius 1 is 1.27 bits per heavy atom. The SMILES string of the molecule is COc1ccc(CC(=O)NCCc2cnc(C)s2)cc1OC. The summed E-state index contributed by atoms with van der Waals surface area (Å²) in [5.74, 6) is 1.29. The van der Waals surface area contributed by atoms with E-state index in [1.807, 2.05) is 31.3 Å². The summed E-state index contributed by atoms with van der Waals surface area (Å²) >= 11 is 1.66. The molecular formula is C16H20N2O3S. The molecule has 22 heavy (non-hydrogen) atoms. The van der Waals surface area contributed by atoms with Crippen LogP contribution in [0.1, 0.15) is 15.4 Å². The third kappa shape index (κ3) is 4.46. The molecule has 0 atom stereocenters. The molecule has 1 amide bonds. The van der Waals surface area contributed by atoms with E-state index in [4.69, 9.17) is 9.47 Å². The maximum Gasteiger partial charge on any atom is 0.224 e. The number of nitrogens with one attached hydrogen (secondary N) is 1. The molecule has 1 N–H and O–H groups in total. The fourth-order valence-corrected chi connectivity index (χ4v) is 2.88. The number of amides is 1. The summed E-state index contributed by atoms with van der Waals surface area (Å²) in [5.41, 5.74) is 0.892. The number of aryl methyl sites for hydroxylation is 1. The van der Waals surface area contributed by atoms with Gasteiger partial charge in [0, 0.05) is 24.0 Å². The van der Waals surface area contributed by atoms with E-state index in [1.165, 1.54) is 4.88 Å². The van der Waals surface area contributed by atoms with Gasteiger partial charge in [0.2, 0.25) is 5.91 Å². The maximum absolute atomic E-state index is 12.0. The second-order valence-corrected chi connectivity index (χ2v) is 6.13. The topological polar surface area (TPSA) is 60.5 Å². The average molecular weight is 320 g/mol. The quantitative estimate of drug-likeness (QED) is 0.851. The van der Waals surface area contributed by atoms with Crippen LogP contribution in [0.3, 0.4) is 0 Å². The summed E-state index contributed by atoms with van der Waals surface area (Å²) in [6.07, 6.45) is 2.99. The van der Waals surface area contributed by atoms with Crippen molar-refractivity contribution >= 4 is 17.2 Å². The predicted octanol–water partition coefficient (Wildman–Crippen LogP) is 2.37.